The van der Waals surface area contributed by atoms with E-state index in [0.717, 1.165) is 0 Å². The molecule has 1 nitrogen and oxygen atoms in total. The molecule has 1 unspecified atom stereocenters. The Morgan fingerprint density at radius 2 is 1.92 bits per heavy atom. The molecule has 2 heteroatoms. The summed E-state index contributed by atoms with van der Waals surface area (Å²) in [7, 11) is 1.20. The Balaban J connectivity index is 2.82. The maximum atomic E-state index is 5.24. The van der Waals surface area contributed by atoms with E-state index in [2.05, 4.69) is 26.0 Å². The molecule has 1 rings (SSSR count). The van der Waals surface area contributed by atoms with Crippen LogP contribution in [0.15, 0.2) is 30.3 Å². The second kappa shape index (κ2) is 3.87. The van der Waals surface area contributed by atoms with E-state index in [4.69, 9.17) is 4.43 Å². The molecule has 0 aliphatic heterocycles. The Labute approximate surface area is 76.7 Å². The Hall–Kier alpha value is -0.603. The highest BCUT2D eigenvalue weighted by atomic mass is 28.2. The zero-order chi connectivity index (χ0) is 9.03. The summed E-state index contributed by atoms with van der Waals surface area (Å²) in [6.07, 6.45) is 0. The molecule has 1 aromatic rings. The van der Waals surface area contributed by atoms with Gasteiger partial charge in [-0.1, -0.05) is 37.3 Å². The quantitative estimate of drug-likeness (QED) is 0.638. The number of hydrogen-bond donors (Lipinski definition) is 0. The molecule has 0 spiro atoms. The number of hydrogen-bond acceptors (Lipinski definition) is 1. The fourth-order valence-electron chi connectivity index (χ4n) is 1.24. The van der Waals surface area contributed by atoms with Crippen molar-refractivity contribution in [2.45, 2.75) is 12.0 Å². The van der Waals surface area contributed by atoms with Crippen molar-refractivity contribution >= 4 is 9.76 Å². The van der Waals surface area contributed by atoms with Crippen LogP contribution >= 0.6 is 0 Å². The molecule has 12 heavy (non-hydrogen) atoms. The van der Waals surface area contributed by atoms with Crippen LogP contribution in [0.3, 0.4) is 0 Å². The van der Waals surface area contributed by atoms with Gasteiger partial charge in [-0.05, 0) is 12.5 Å². The van der Waals surface area contributed by atoms with Crippen molar-refractivity contribution in [1.82, 2.24) is 0 Å². The second-order valence-corrected chi connectivity index (χ2v) is 5.79. The lowest BCUT2D eigenvalue weighted by Crippen LogP contribution is -2.27. The lowest BCUT2D eigenvalue weighted by molar-refractivity contribution is 0.422. The molecule has 0 aliphatic rings. The monoisotopic (exact) mass is 179 g/mol. The fraction of sp³-hybridized carbons (Fsp3) is 0.300. The van der Waals surface area contributed by atoms with Gasteiger partial charge < -0.3 is 4.43 Å². The van der Waals surface area contributed by atoms with Gasteiger partial charge >= 0.3 is 0 Å². The zero-order valence-corrected chi connectivity index (χ0v) is 9.12. The van der Waals surface area contributed by atoms with E-state index in [9.17, 15) is 0 Å². The third kappa shape index (κ3) is 2.19. The summed E-state index contributed by atoms with van der Waals surface area (Å²) in [4.78, 5) is 0. The molecular formula is C10H15OSi. The van der Waals surface area contributed by atoms with Crippen molar-refractivity contribution in [3.63, 3.8) is 0 Å². The molecule has 0 saturated heterocycles. The van der Waals surface area contributed by atoms with E-state index < -0.39 is 9.76 Å². The first kappa shape index (κ1) is 9.48. The van der Waals surface area contributed by atoms with Gasteiger partial charge in [-0.15, -0.1) is 0 Å². The molecule has 1 radical (unpaired) electrons. The molecule has 1 aromatic carbocycles. The molecule has 0 aliphatic carbocycles. The van der Waals surface area contributed by atoms with Gasteiger partial charge in [-0.3, -0.25) is 0 Å². The van der Waals surface area contributed by atoms with E-state index in [1.807, 2.05) is 18.2 Å². The fourth-order valence-corrected chi connectivity index (χ4v) is 2.28. The van der Waals surface area contributed by atoms with Crippen LogP contribution in [0, 0.1) is 6.92 Å². The predicted molar refractivity (Wildman–Crippen MR) is 54.7 cm³/mol. The molecule has 65 valence electrons. The third-order valence-corrected chi connectivity index (χ3v) is 3.27. The first-order valence-corrected chi connectivity index (χ1v) is 5.35. The molecular weight excluding hydrogens is 164 g/mol. The molecule has 0 amide bonds. The lowest BCUT2D eigenvalue weighted by atomic mass is 10.0. The normalized spacial score (nSPS) is 12.6. The van der Waals surface area contributed by atoms with Gasteiger partial charge in [0.2, 0.25) is 0 Å². The smallest absolute Gasteiger partial charge is 0.171 e. The summed E-state index contributed by atoms with van der Waals surface area (Å²) < 4.78 is 5.24. The van der Waals surface area contributed by atoms with Crippen molar-refractivity contribution in [2.24, 2.45) is 0 Å². The maximum Gasteiger partial charge on any atom is 0.171 e. The largest absolute Gasteiger partial charge is 0.426 e. The Morgan fingerprint density at radius 1 is 1.33 bits per heavy atom. The predicted octanol–water partition coefficient (Wildman–Crippen LogP) is 1.47. The standard InChI is InChI=1S/C10H15OSi/c1-10(2,12-11-3)9-7-5-4-6-8-9/h4-8H,1,12H2,2-3H3. The Kier molecular flexibility index (Phi) is 3.06. The maximum absolute atomic E-state index is 5.24. The van der Waals surface area contributed by atoms with Crippen molar-refractivity contribution in [3.8, 4) is 0 Å². The van der Waals surface area contributed by atoms with Crippen LogP contribution in [0.25, 0.3) is 0 Å². The molecule has 0 aromatic heterocycles. The summed E-state index contributed by atoms with van der Waals surface area (Å²) >= 11 is 0. The van der Waals surface area contributed by atoms with Gasteiger partial charge in [0.15, 0.2) is 9.76 Å². The number of benzene rings is 1. The van der Waals surface area contributed by atoms with E-state index >= 15 is 0 Å². The van der Waals surface area contributed by atoms with E-state index in [1.54, 1.807) is 7.11 Å². The highest BCUT2D eigenvalue weighted by Gasteiger charge is 2.20. The minimum Gasteiger partial charge on any atom is -0.426 e. The first-order chi connectivity index (χ1) is 5.67. The molecule has 0 bridgehead atoms. The van der Waals surface area contributed by atoms with Crippen molar-refractivity contribution in [2.75, 3.05) is 7.11 Å². The van der Waals surface area contributed by atoms with Crippen LogP contribution < -0.4 is 0 Å². The van der Waals surface area contributed by atoms with Crippen molar-refractivity contribution in [3.05, 3.63) is 42.8 Å². The highest BCUT2D eigenvalue weighted by molar-refractivity contribution is 6.32. The summed E-state index contributed by atoms with van der Waals surface area (Å²) in [5, 5.41) is 0.00993. The SMILES string of the molecule is [CH2]C(C)([SiH2]OC)c1ccccc1. The van der Waals surface area contributed by atoms with Crippen LogP contribution in [0.5, 0.6) is 0 Å². The lowest BCUT2D eigenvalue weighted by Gasteiger charge is -2.22. The van der Waals surface area contributed by atoms with E-state index in [1.165, 1.54) is 5.56 Å². The Bertz CT molecular complexity index is 231. The molecule has 0 saturated carbocycles. The van der Waals surface area contributed by atoms with Crippen LogP contribution in [0.4, 0.5) is 0 Å². The minimum atomic E-state index is -0.560. The average Bonchev–Trinajstić information content (AvgIpc) is 2.06. The van der Waals surface area contributed by atoms with Gasteiger partial charge in [0, 0.05) is 12.1 Å². The third-order valence-electron chi connectivity index (χ3n) is 1.93. The molecule has 0 fully saturated rings. The van der Waals surface area contributed by atoms with E-state index in [-0.39, 0.29) is 5.04 Å². The highest BCUT2D eigenvalue weighted by Crippen LogP contribution is 2.20. The van der Waals surface area contributed by atoms with Gasteiger partial charge in [0.1, 0.15) is 0 Å². The van der Waals surface area contributed by atoms with Crippen LogP contribution in [-0.4, -0.2) is 16.9 Å². The summed E-state index contributed by atoms with van der Waals surface area (Å²) in [6, 6.07) is 10.3. The van der Waals surface area contributed by atoms with Gasteiger partial charge in [0.25, 0.3) is 0 Å². The Morgan fingerprint density at radius 3 is 2.42 bits per heavy atom. The minimum absolute atomic E-state index is 0.00993. The molecule has 0 heterocycles. The topological polar surface area (TPSA) is 9.23 Å². The second-order valence-electron chi connectivity index (χ2n) is 3.36. The van der Waals surface area contributed by atoms with Crippen LogP contribution in [0.2, 0.25) is 0 Å². The average molecular weight is 179 g/mol. The van der Waals surface area contributed by atoms with Crippen molar-refractivity contribution < 1.29 is 4.43 Å². The molecule has 1 atom stereocenters. The van der Waals surface area contributed by atoms with Crippen LogP contribution in [0.1, 0.15) is 12.5 Å². The summed E-state index contributed by atoms with van der Waals surface area (Å²) in [6.45, 7) is 6.30. The van der Waals surface area contributed by atoms with Gasteiger partial charge in [0.05, 0.1) is 0 Å². The van der Waals surface area contributed by atoms with Gasteiger partial charge in [-0.25, -0.2) is 0 Å². The summed E-state index contributed by atoms with van der Waals surface area (Å²) in [5.41, 5.74) is 1.28. The summed E-state index contributed by atoms with van der Waals surface area (Å²) in [5.74, 6) is 0. The molecule has 0 N–H and O–H groups in total. The number of rotatable bonds is 3. The first-order valence-electron chi connectivity index (χ1n) is 4.06. The van der Waals surface area contributed by atoms with Gasteiger partial charge in [-0.2, -0.15) is 0 Å². The van der Waals surface area contributed by atoms with Crippen LogP contribution in [-0.2, 0) is 9.46 Å². The zero-order valence-electron chi connectivity index (χ0n) is 7.71. The van der Waals surface area contributed by atoms with Crippen molar-refractivity contribution in [1.29, 1.82) is 0 Å². The van der Waals surface area contributed by atoms with E-state index in [0.29, 0.717) is 0 Å².